The summed E-state index contributed by atoms with van der Waals surface area (Å²) in [6.07, 6.45) is 0.157. The second-order valence-corrected chi connectivity index (χ2v) is 4.87. The number of carbonyl (C=O) groups is 2. The van der Waals surface area contributed by atoms with E-state index in [1.165, 1.54) is 0 Å². The van der Waals surface area contributed by atoms with Gasteiger partial charge in [-0.05, 0) is 18.9 Å². The van der Waals surface area contributed by atoms with Crippen LogP contribution in [0.4, 0.5) is 4.79 Å². The van der Waals surface area contributed by atoms with Gasteiger partial charge in [-0.2, -0.15) is 0 Å². The minimum absolute atomic E-state index is 0.132. The van der Waals surface area contributed by atoms with Gasteiger partial charge in [0.25, 0.3) is 0 Å². The number of hydrogen-bond acceptors (Lipinski definition) is 3. The second kappa shape index (κ2) is 7.28. The van der Waals surface area contributed by atoms with Crippen molar-refractivity contribution in [1.82, 2.24) is 5.32 Å². The van der Waals surface area contributed by atoms with Crippen molar-refractivity contribution in [2.75, 3.05) is 11.9 Å². The van der Waals surface area contributed by atoms with Crippen LogP contribution in [0.15, 0.2) is 30.3 Å². The van der Waals surface area contributed by atoms with Crippen LogP contribution in [0.2, 0.25) is 0 Å². The third-order valence-electron chi connectivity index (χ3n) is 2.82. The number of benzene rings is 1. The number of amides is 1. The van der Waals surface area contributed by atoms with E-state index in [1.54, 1.807) is 19.1 Å². The monoisotopic (exact) mass is 327 g/mol. The van der Waals surface area contributed by atoms with Gasteiger partial charge in [0.1, 0.15) is 5.54 Å². The standard InChI is InChI=1S/C14H18BrNO3/c1-3-9-19-13(18)16-14(2,12(17)10-15)11-7-5-4-6-8-11/h4-8H,3,9-10H2,1-2H3,(H,16,18). The molecule has 0 radical (unpaired) electrons. The molecule has 1 amide bonds. The summed E-state index contributed by atoms with van der Waals surface area (Å²) in [6.45, 7) is 3.92. The molecule has 0 saturated carbocycles. The van der Waals surface area contributed by atoms with Gasteiger partial charge in [-0.25, -0.2) is 4.79 Å². The van der Waals surface area contributed by atoms with Gasteiger partial charge in [0.05, 0.1) is 11.9 Å². The van der Waals surface area contributed by atoms with E-state index in [0.29, 0.717) is 6.61 Å². The Hall–Kier alpha value is -1.36. The van der Waals surface area contributed by atoms with Gasteiger partial charge >= 0.3 is 6.09 Å². The van der Waals surface area contributed by atoms with Gasteiger partial charge in [0, 0.05) is 0 Å². The Bertz CT molecular complexity index is 436. The molecule has 0 aliphatic rings. The first-order valence-corrected chi connectivity index (χ1v) is 7.26. The van der Waals surface area contributed by atoms with Crippen LogP contribution in [0, 0.1) is 0 Å². The summed E-state index contributed by atoms with van der Waals surface area (Å²) in [5.74, 6) is -0.132. The topological polar surface area (TPSA) is 55.4 Å². The Labute approximate surface area is 121 Å². The molecule has 1 N–H and O–H groups in total. The average Bonchev–Trinajstić information content (AvgIpc) is 2.44. The molecule has 19 heavy (non-hydrogen) atoms. The highest BCUT2D eigenvalue weighted by atomic mass is 79.9. The molecule has 4 nitrogen and oxygen atoms in total. The number of hydrogen-bond donors (Lipinski definition) is 1. The van der Waals surface area contributed by atoms with E-state index in [-0.39, 0.29) is 11.1 Å². The van der Waals surface area contributed by atoms with Crippen molar-refractivity contribution < 1.29 is 14.3 Å². The molecule has 1 unspecified atom stereocenters. The normalized spacial score (nSPS) is 13.4. The predicted molar refractivity (Wildman–Crippen MR) is 77.4 cm³/mol. The Balaban J connectivity index is 2.95. The van der Waals surface area contributed by atoms with Crippen molar-refractivity contribution in [2.24, 2.45) is 0 Å². The van der Waals surface area contributed by atoms with E-state index in [0.717, 1.165) is 12.0 Å². The van der Waals surface area contributed by atoms with Gasteiger partial charge in [-0.15, -0.1) is 0 Å². The molecule has 1 aromatic rings. The lowest BCUT2D eigenvalue weighted by Gasteiger charge is -2.28. The third kappa shape index (κ3) is 4.06. The van der Waals surface area contributed by atoms with E-state index in [9.17, 15) is 9.59 Å². The van der Waals surface area contributed by atoms with Gasteiger partial charge < -0.3 is 10.1 Å². The van der Waals surface area contributed by atoms with Gasteiger partial charge in [-0.3, -0.25) is 4.79 Å². The highest BCUT2D eigenvalue weighted by Gasteiger charge is 2.36. The van der Waals surface area contributed by atoms with Crippen LogP contribution < -0.4 is 5.32 Å². The van der Waals surface area contributed by atoms with Crippen molar-refractivity contribution >= 4 is 27.8 Å². The average molecular weight is 328 g/mol. The zero-order chi connectivity index (χ0) is 14.3. The molecule has 0 spiro atoms. The fraction of sp³-hybridized carbons (Fsp3) is 0.429. The Kier molecular flexibility index (Phi) is 6.02. The van der Waals surface area contributed by atoms with Crippen LogP contribution >= 0.6 is 15.9 Å². The number of carbonyl (C=O) groups excluding carboxylic acids is 2. The smallest absolute Gasteiger partial charge is 0.408 e. The van der Waals surface area contributed by atoms with E-state index in [2.05, 4.69) is 21.2 Å². The van der Waals surface area contributed by atoms with Crippen LogP contribution in [0.3, 0.4) is 0 Å². The number of ether oxygens (including phenoxy) is 1. The molecular weight excluding hydrogens is 310 g/mol. The predicted octanol–water partition coefficient (Wildman–Crippen LogP) is 3.00. The first kappa shape index (κ1) is 15.7. The van der Waals surface area contributed by atoms with Crippen LogP contribution in [-0.4, -0.2) is 23.8 Å². The minimum atomic E-state index is -1.09. The maximum absolute atomic E-state index is 12.1. The third-order valence-corrected chi connectivity index (χ3v) is 3.33. The summed E-state index contributed by atoms with van der Waals surface area (Å²) in [4.78, 5) is 23.8. The summed E-state index contributed by atoms with van der Waals surface area (Å²) in [5, 5.41) is 2.81. The summed E-state index contributed by atoms with van der Waals surface area (Å²) in [5.41, 5.74) is -0.358. The number of halogens is 1. The van der Waals surface area contributed by atoms with Gasteiger partial charge in [-0.1, -0.05) is 53.2 Å². The molecule has 0 aliphatic carbocycles. The molecule has 1 atom stereocenters. The lowest BCUT2D eigenvalue weighted by Crippen LogP contribution is -2.50. The molecule has 1 rings (SSSR count). The number of alkyl halides is 1. The lowest BCUT2D eigenvalue weighted by atomic mass is 9.88. The van der Waals surface area contributed by atoms with Crippen molar-refractivity contribution in [1.29, 1.82) is 0 Å². The summed E-state index contributed by atoms with van der Waals surface area (Å²) >= 11 is 3.15. The molecule has 104 valence electrons. The first-order valence-electron chi connectivity index (χ1n) is 6.14. The zero-order valence-corrected chi connectivity index (χ0v) is 12.7. The summed E-state index contributed by atoms with van der Waals surface area (Å²) in [6, 6.07) is 9.13. The molecule has 0 aliphatic heterocycles. The minimum Gasteiger partial charge on any atom is -0.450 e. The molecule has 0 bridgehead atoms. The number of rotatable bonds is 6. The lowest BCUT2D eigenvalue weighted by molar-refractivity contribution is -0.122. The molecule has 5 heteroatoms. The quantitative estimate of drug-likeness (QED) is 0.817. The van der Waals surface area contributed by atoms with Gasteiger partial charge in [0.2, 0.25) is 0 Å². The second-order valence-electron chi connectivity index (χ2n) is 4.31. The van der Waals surface area contributed by atoms with Crippen molar-refractivity contribution in [3.63, 3.8) is 0 Å². The van der Waals surface area contributed by atoms with E-state index in [4.69, 9.17) is 4.74 Å². The SMILES string of the molecule is CCCOC(=O)NC(C)(C(=O)CBr)c1ccccc1. The summed E-state index contributed by atoms with van der Waals surface area (Å²) in [7, 11) is 0. The molecule has 0 saturated heterocycles. The van der Waals surface area contributed by atoms with Crippen LogP contribution in [-0.2, 0) is 15.1 Å². The van der Waals surface area contributed by atoms with Crippen LogP contribution in [0.5, 0.6) is 0 Å². The Morgan fingerprint density at radius 2 is 1.95 bits per heavy atom. The summed E-state index contributed by atoms with van der Waals surface area (Å²) < 4.78 is 4.99. The molecule has 0 aromatic heterocycles. The van der Waals surface area contributed by atoms with Crippen LogP contribution in [0.25, 0.3) is 0 Å². The fourth-order valence-electron chi connectivity index (χ4n) is 1.64. The molecule has 0 heterocycles. The highest BCUT2D eigenvalue weighted by molar-refractivity contribution is 9.09. The number of alkyl carbamates (subject to hydrolysis) is 1. The molecule has 0 fully saturated rings. The van der Waals surface area contributed by atoms with Crippen LogP contribution in [0.1, 0.15) is 25.8 Å². The maximum Gasteiger partial charge on any atom is 0.408 e. The van der Waals surface area contributed by atoms with E-state index in [1.807, 2.05) is 25.1 Å². The number of nitrogens with one attached hydrogen (secondary N) is 1. The molecular formula is C14H18BrNO3. The highest BCUT2D eigenvalue weighted by Crippen LogP contribution is 2.23. The Morgan fingerprint density at radius 1 is 1.32 bits per heavy atom. The van der Waals surface area contributed by atoms with E-state index < -0.39 is 11.6 Å². The number of Topliss-reactive ketones (excluding diaryl/α,β-unsaturated/α-hetero) is 1. The Morgan fingerprint density at radius 3 is 2.47 bits per heavy atom. The van der Waals surface area contributed by atoms with Gasteiger partial charge in [0.15, 0.2) is 5.78 Å². The number of ketones is 1. The fourth-order valence-corrected chi connectivity index (χ4v) is 2.20. The van der Waals surface area contributed by atoms with Crippen molar-refractivity contribution in [3.05, 3.63) is 35.9 Å². The molecule has 1 aromatic carbocycles. The maximum atomic E-state index is 12.1. The first-order chi connectivity index (χ1) is 9.04. The largest absolute Gasteiger partial charge is 0.450 e. The van der Waals surface area contributed by atoms with Crippen molar-refractivity contribution in [3.8, 4) is 0 Å². The van der Waals surface area contributed by atoms with E-state index >= 15 is 0 Å². The van der Waals surface area contributed by atoms with Crippen molar-refractivity contribution in [2.45, 2.75) is 25.8 Å². The zero-order valence-electron chi connectivity index (χ0n) is 11.1.